The summed E-state index contributed by atoms with van der Waals surface area (Å²) in [6.45, 7) is 3.22. The molecule has 1 N–H and O–H groups in total. The highest BCUT2D eigenvalue weighted by molar-refractivity contribution is 5.56. The minimum Gasteiger partial charge on any atom is -0.450 e. The average Bonchev–Trinajstić information content (AvgIpc) is 2.05. The van der Waals surface area contributed by atoms with Gasteiger partial charge in [-0.3, -0.25) is 4.90 Å². The van der Waals surface area contributed by atoms with Gasteiger partial charge >= 0.3 is 6.16 Å². The highest BCUT2D eigenvalue weighted by atomic mass is 16.7. The fraction of sp³-hybridized carbons (Fsp3) is 0.875. The zero-order valence-electron chi connectivity index (χ0n) is 7.16. The lowest BCUT2D eigenvalue weighted by Crippen LogP contribution is -2.33. The van der Waals surface area contributed by atoms with Crippen LogP contribution in [-0.2, 0) is 4.74 Å². The Labute approximate surface area is 72.1 Å². The van der Waals surface area contributed by atoms with Crippen molar-refractivity contribution in [2.24, 2.45) is 0 Å². The summed E-state index contributed by atoms with van der Waals surface area (Å²) in [5.74, 6) is 0. The third-order valence-electron chi connectivity index (χ3n) is 2.08. The van der Waals surface area contributed by atoms with Gasteiger partial charge in [0.15, 0.2) is 0 Å². The first-order chi connectivity index (χ1) is 5.79. The molecule has 0 spiro atoms. The second-order valence-corrected chi connectivity index (χ2v) is 3.02. The molecule has 1 aliphatic heterocycles. The fourth-order valence-corrected chi connectivity index (χ4v) is 1.45. The van der Waals surface area contributed by atoms with Crippen LogP contribution in [0.4, 0.5) is 4.79 Å². The summed E-state index contributed by atoms with van der Waals surface area (Å²) in [5.41, 5.74) is 0. The van der Waals surface area contributed by atoms with E-state index < -0.39 is 6.16 Å². The van der Waals surface area contributed by atoms with Crippen LogP contribution in [0.25, 0.3) is 0 Å². The summed E-state index contributed by atoms with van der Waals surface area (Å²) in [6, 6.07) is 0. The van der Waals surface area contributed by atoms with E-state index in [1.165, 1.54) is 19.3 Å². The topological polar surface area (TPSA) is 49.8 Å². The molecule has 0 aromatic heterocycles. The molecule has 1 fully saturated rings. The van der Waals surface area contributed by atoms with E-state index in [9.17, 15) is 4.79 Å². The summed E-state index contributed by atoms with van der Waals surface area (Å²) in [7, 11) is 0. The van der Waals surface area contributed by atoms with E-state index in [4.69, 9.17) is 5.11 Å². The summed E-state index contributed by atoms with van der Waals surface area (Å²) in [4.78, 5) is 12.2. The fourth-order valence-electron chi connectivity index (χ4n) is 1.45. The number of hydrogen-bond donors (Lipinski definition) is 1. The molecular weight excluding hydrogens is 158 g/mol. The van der Waals surface area contributed by atoms with Crippen molar-refractivity contribution in [2.45, 2.75) is 19.3 Å². The maximum atomic E-state index is 10.0. The Bertz CT molecular complexity index is 143. The van der Waals surface area contributed by atoms with Gasteiger partial charge in [0.1, 0.15) is 6.61 Å². The van der Waals surface area contributed by atoms with Crippen LogP contribution in [-0.4, -0.2) is 42.4 Å². The number of likely N-dealkylation sites (tertiary alicyclic amines) is 1. The number of piperidine rings is 1. The molecule has 0 aromatic carbocycles. The van der Waals surface area contributed by atoms with E-state index in [0.29, 0.717) is 6.61 Å². The molecule has 0 amide bonds. The third kappa shape index (κ3) is 3.57. The van der Waals surface area contributed by atoms with E-state index in [1.807, 2.05) is 0 Å². The van der Waals surface area contributed by atoms with Crippen LogP contribution in [0.2, 0.25) is 0 Å². The van der Waals surface area contributed by atoms with E-state index in [2.05, 4.69) is 9.64 Å². The standard InChI is InChI=1S/C8H15NO3/c10-8(11)12-7-6-9-4-2-1-3-5-9/h1-7H2,(H,10,11). The van der Waals surface area contributed by atoms with Gasteiger partial charge in [-0.1, -0.05) is 6.42 Å². The van der Waals surface area contributed by atoms with E-state index in [-0.39, 0.29) is 0 Å². The Morgan fingerprint density at radius 2 is 2.00 bits per heavy atom. The van der Waals surface area contributed by atoms with Gasteiger partial charge in [-0.25, -0.2) is 4.79 Å². The second kappa shape index (κ2) is 4.98. The van der Waals surface area contributed by atoms with Gasteiger partial charge in [0.25, 0.3) is 0 Å². The first kappa shape index (κ1) is 9.32. The highest BCUT2D eigenvalue weighted by Crippen LogP contribution is 2.07. The van der Waals surface area contributed by atoms with Crippen LogP contribution < -0.4 is 0 Å². The SMILES string of the molecule is O=C(O)OCCN1CCCCC1. The molecule has 0 bridgehead atoms. The summed E-state index contributed by atoms with van der Waals surface area (Å²) >= 11 is 0. The van der Waals surface area contributed by atoms with Gasteiger partial charge in [0.05, 0.1) is 0 Å². The summed E-state index contributed by atoms with van der Waals surface area (Å²) in [5, 5.41) is 8.20. The van der Waals surface area contributed by atoms with Gasteiger partial charge in [0.2, 0.25) is 0 Å². The minimum atomic E-state index is -1.17. The molecule has 1 heterocycles. The molecule has 4 heteroatoms. The van der Waals surface area contributed by atoms with Crippen LogP contribution in [0.15, 0.2) is 0 Å². The van der Waals surface area contributed by atoms with Crippen molar-refractivity contribution in [2.75, 3.05) is 26.2 Å². The molecular formula is C8H15NO3. The van der Waals surface area contributed by atoms with Gasteiger partial charge in [0, 0.05) is 6.54 Å². The van der Waals surface area contributed by atoms with Crippen molar-refractivity contribution in [1.29, 1.82) is 0 Å². The van der Waals surface area contributed by atoms with Crippen LogP contribution >= 0.6 is 0 Å². The molecule has 4 nitrogen and oxygen atoms in total. The Hall–Kier alpha value is -0.770. The maximum absolute atomic E-state index is 10.0. The second-order valence-electron chi connectivity index (χ2n) is 3.02. The molecule has 12 heavy (non-hydrogen) atoms. The third-order valence-corrected chi connectivity index (χ3v) is 2.08. The normalized spacial score (nSPS) is 19.0. The first-order valence-electron chi connectivity index (χ1n) is 4.37. The van der Waals surface area contributed by atoms with Crippen molar-refractivity contribution in [3.63, 3.8) is 0 Å². The molecule has 1 rings (SSSR count). The van der Waals surface area contributed by atoms with Gasteiger partial charge < -0.3 is 9.84 Å². The zero-order valence-corrected chi connectivity index (χ0v) is 7.16. The number of hydrogen-bond acceptors (Lipinski definition) is 3. The summed E-state index contributed by atoms with van der Waals surface area (Å²) < 4.78 is 4.42. The van der Waals surface area contributed by atoms with Crippen molar-refractivity contribution in [3.05, 3.63) is 0 Å². The molecule has 0 atom stereocenters. The average molecular weight is 173 g/mol. The van der Waals surface area contributed by atoms with E-state index in [0.717, 1.165) is 19.6 Å². The predicted molar refractivity (Wildman–Crippen MR) is 44.3 cm³/mol. The Kier molecular flexibility index (Phi) is 3.87. The summed E-state index contributed by atoms with van der Waals surface area (Å²) in [6.07, 6.45) is 2.59. The highest BCUT2D eigenvalue weighted by Gasteiger charge is 2.09. The van der Waals surface area contributed by atoms with Gasteiger partial charge in [-0.05, 0) is 25.9 Å². The molecule has 0 aromatic rings. The molecule has 0 aliphatic carbocycles. The Morgan fingerprint density at radius 1 is 1.33 bits per heavy atom. The van der Waals surface area contributed by atoms with E-state index in [1.54, 1.807) is 0 Å². The number of carbonyl (C=O) groups is 1. The first-order valence-corrected chi connectivity index (χ1v) is 4.37. The minimum absolute atomic E-state index is 0.301. The van der Waals surface area contributed by atoms with Crippen molar-refractivity contribution < 1.29 is 14.6 Å². The smallest absolute Gasteiger partial charge is 0.450 e. The van der Waals surface area contributed by atoms with Crippen molar-refractivity contribution >= 4 is 6.16 Å². The molecule has 1 saturated heterocycles. The largest absolute Gasteiger partial charge is 0.505 e. The van der Waals surface area contributed by atoms with Crippen LogP contribution in [0, 0.1) is 0 Å². The monoisotopic (exact) mass is 173 g/mol. The number of rotatable bonds is 3. The van der Waals surface area contributed by atoms with Crippen molar-refractivity contribution in [1.82, 2.24) is 4.90 Å². The Balaban J connectivity index is 2.01. The van der Waals surface area contributed by atoms with Crippen LogP contribution in [0.5, 0.6) is 0 Å². The number of carboxylic acid groups (broad SMARTS) is 1. The lowest BCUT2D eigenvalue weighted by molar-refractivity contribution is 0.0774. The number of ether oxygens (including phenoxy) is 1. The van der Waals surface area contributed by atoms with Crippen molar-refractivity contribution in [3.8, 4) is 0 Å². The van der Waals surface area contributed by atoms with E-state index >= 15 is 0 Å². The van der Waals surface area contributed by atoms with Gasteiger partial charge in [-0.2, -0.15) is 0 Å². The molecule has 0 unspecified atom stereocenters. The maximum Gasteiger partial charge on any atom is 0.505 e. The van der Waals surface area contributed by atoms with Crippen LogP contribution in [0.1, 0.15) is 19.3 Å². The van der Waals surface area contributed by atoms with Gasteiger partial charge in [-0.15, -0.1) is 0 Å². The number of nitrogens with zero attached hydrogens (tertiary/aromatic N) is 1. The molecule has 70 valence electrons. The lowest BCUT2D eigenvalue weighted by atomic mass is 10.1. The van der Waals surface area contributed by atoms with Crippen LogP contribution in [0.3, 0.4) is 0 Å². The molecule has 1 aliphatic rings. The molecule has 0 radical (unpaired) electrons. The quantitative estimate of drug-likeness (QED) is 0.651. The zero-order chi connectivity index (χ0) is 8.81. The lowest BCUT2D eigenvalue weighted by Gasteiger charge is -2.25. The molecule has 0 saturated carbocycles. The Morgan fingerprint density at radius 3 is 2.58 bits per heavy atom. The predicted octanol–water partition coefficient (Wildman–Crippen LogP) is 1.17.